The normalized spacial score (nSPS) is 10.2. The third-order valence-corrected chi connectivity index (χ3v) is 2.99. The van der Waals surface area contributed by atoms with Crippen LogP contribution in [0.25, 0.3) is 0 Å². The predicted molar refractivity (Wildman–Crippen MR) is 79.7 cm³/mol. The Morgan fingerprint density at radius 1 is 1.29 bits per heavy atom. The lowest BCUT2D eigenvalue weighted by Gasteiger charge is -2.10. The fourth-order valence-electron chi connectivity index (χ4n) is 1.91. The molecule has 1 aromatic heterocycles. The molecule has 2 aromatic rings. The second-order valence-electron chi connectivity index (χ2n) is 4.50. The molecule has 0 aliphatic heterocycles. The molecular weight excluding hydrogens is 292 g/mol. The first kappa shape index (κ1) is 15.0. The Balaban J connectivity index is 2.25. The third-order valence-electron chi connectivity index (χ3n) is 2.79. The number of benzene rings is 1. The van der Waals surface area contributed by atoms with E-state index in [1.54, 1.807) is 37.3 Å². The lowest BCUT2D eigenvalue weighted by atomic mass is 10.1. The van der Waals surface area contributed by atoms with Gasteiger partial charge in [-0.2, -0.15) is 0 Å². The minimum absolute atomic E-state index is 0.160. The highest BCUT2D eigenvalue weighted by molar-refractivity contribution is 6.29. The number of hydrogen-bond donors (Lipinski definition) is 2. The van der Waals surface area contributed by atoms with Crippen LogP contribution >= 0.6 is 11.6 Å². The molecule has 2 rings (SSSR count). The fraction of sp³-hybridized carbons (Fsp3) is 0.133. The number of nitrogens with one attached hydrogen (secondary N) is 1. The number of para-hydroxylation sites is 1. The van der Waals surface area contributed by atoms with Crippen molar-refractivity contribution < 1.29 is 14.7 Å². The van der Waals surface area contributed by atoms with Gasteiger partial charge in [0, 0.05) is 16.9 Å². The van der Waals surface area contributed by atoms with Crippen LogP contribution < -0.4 is 5.32 Å². The summed E-state index contributed by atoms with van der Waals surface area (Å²) in [5.41, 5.74) is 2.01. The van der Waals surface area contributed by atoms with E-state index in [0.29, 0.717) is 22.5 Å². The molecule has 0 spiro atoms. The van der Waals surface area contributed by atoms with E-state index in [4.69, 9.17) is 16.7 Å². The lowest BCUT2D eigenvalue weighted by Crippen LogP contribution is -2.14. The van der Waals surface area contributed by atoms with Crippen molar-refractivity contribution in [2.45, 2.75) is 13.3 Å². The minimum Gasteiger partial charge on any atom is -0.481 e. The molecule has 6 heteroatoms. The van der Waals surface area contributed by atoms with Gasteiger partial charge in [0.25, 0.3) is 5.91 Å². The maximum absolute atomic E-state index is 12.2. The summed E-state index contributed by atoms with van der Waals surface area (Å²) in [6.45, 7) is 1.74. The van der Waals surface area contributed by atoms with Crippen molar-refractivity contribution in [2.24, 2.45) is 0 Å². The molecule has 0 aliphatic carbocycles. The molecule has 21 heavy (non-hydrogen) atoms. The first-order valence-electron chi connectivity index (χ1n) is 6.21. The molecule has 2 N–H and O–H groups in total. The number of pyridine rings is 1. The lowest BCUT2D eigenvalue weighted by molar-refractivity contribution is -0.136. The average Bonchev–Trinajstić information content (AvgIpc) is 2.39. The van der Waals surface area contributed by atoms with Crippen LogP contribution in [0.4, 0.5) is 5.69 Å². The number of aromatic nitrogens is 1. The van der Waals surface area contributed by atoms with Gasteiger partial charge in [-0.1, -0.05) is 29.8 Å². The van der Waals surface area contributed by atoms with E-state index >= 15 is 0 Å². The van der Waals surface area contributed by atoms with Crippen molar-refractivity contribution in [3.8, 4) is 0 Å². The Morgan fingerprint density at radius 3 is 2.67 bits per heavy atom. The van der Waals surface area contributed by atoms with E-state index in [-0.39, 0.29) is 17.5 Å². The average molecular weight is 305 g/mol. The van der Waals surface area contributed by atoms with Crippen molar-refractivity contribution in [1.82, 2.24) is 4.98 Å². The maximum atomic E-state index is 12.2. The van der Waals surface area contributed by atoms with Crippen LogP contribution in [0.2, 0.25) is 5.15 Å². The number of nitrogens with zero attached hydrogens (tertiary/aromatic N) is 1. The van der Waals surface area contributed by atoms with Gasteiger partial charge in [0.1, 0.15) is 5.15 Å². The number of aliphatic carboxylic acids is 1. The molecule has 0 radical (unpaired) electrons. The summed E-state index contributed by atoms with van der Waals surface area (Å²) in [5.74, 6) is -1.32. The Bertz CT molecular complexity index is 681. The first-order chi connectivity index (χ1) is 9.95. The van der Waals surface area contributed by atoms with Crippen molar-refractivity contribution >= 4 is 29.2 Å². The second-order valence-corrected chi connectivity index (χ2v) is 4.89. The standard InChI is InChI=1S/C15H13ClN2O3/c1-9-6-11(7-13(16)17-9)15(21)18-12-5-3-2-4-10(12)8-14(19)20/h2-7H,8H2,1H3,(H,18,21)(H,19,20). The Morgan fingerprint density at radius 2 is 2.00 bits per heavy atom. The van der Waals surface area contributed by atoms with Crippen molar-refractivity contribution in [3.05, 3.63) is 58.4 Å². The molecule has 1 heterocycles. The van der Waals surface area contributed by atoms with Gasteiger partial charge in [-0.25, -0.2) is 4.98 Å². The molecule has 1 amide bonds. The van der Waals surface area contributed by atoms with Gasteiger partial charge in [-0.15, -0.1) is 0 Å². The molecule has 0 unspecified atom stereocenters. The highest BCUT2D eigenvalue weighted by Crippen LogP contribution is 2.18. The smallest absolute Gasteiger partial charge is 0.307 e. The summed E-state index contributed by atoms with van der Waals surface area (Å²) in [4.78, 5) is 27.0. The molecule has 0 bridgehead atoms. The summed E-state index contributed by atoms with van der Waals surface area (Å²) in [5, 5.41) is 11.8. The van der Waals surface area contributed by atoms with E-state index in [1.165, 1.54) is 6.07 Å². The molecule has 0 atom stereocenters. The Labute approximate surface area is 126 Å². The number of carboxylic acids is 1. The van der Waals surface area contributed by atoms with Gasteiger partial charge in [0.2, 0.25) is 0 Å². The van der Waals surface area contributed by atoms with Gasteiger partial charge in [0.15, 0.2) is 0 Å². The molecule has 0 fully saturated rings. The first-order valence-corrected chi connectivity index (χ1v) is 6.59. The number of carboxylic acid groups (broad SMARTS) is 1. The number of halogens is 1. The summed E-state index contributed by atoms with van der Waals surface area (Å²) >= 11 is 5.83. The highest BCUT2D eigenvalue weighted by Gasteiger charge is 2.12. The number of aryl methyl sites for hydroxylation is 1. The number of carbonyl (C=O) groups excluding carboxylic acids is 1. The van der Waals surface area contributed by atoms with E-state index in [0.717, 1.165) is 0 Å². The zero-order chi connectivity index (χ0) is 15.4. The highest BCUT2D eigenvalue weighted by atomic mass is 35.5. The molecule has 108 valence electrons. The van der Waals surface area contributed by atoms with Crippen molar-refractivity contribution in [1.29, 1.82) is 0 Å². The van der Waals surface area contributed by atoms with Crippen LogP contribution in [-0.4, -0.2) is 22.0 Å². The number of carbonyl (C=O) groups is 2. The molecular formula is C15H13ClN2O3. The predicted octanol–water partition coefficient (Wildman–Crippen LogP) is 2.92. The fourth-order valence-corrected chi connectivity index (χ4v) is 2.16. The summed E-state index contributed by atoms with van der Waals surface area (Å²) in [6.07, 6.45) is -0.160. The molecule has 5 nitrogen and oxygen atoms in total. The summed E-state index contributed by atoms with van der Waals surface area (Å²) < 4.78 is 0. The largest absolute Gasteiger partial charge is 0.481 e. The Hall–Kier alpha value is -2.40. The molecule has 0 saturated carbocycles. The van der Waals surface area contributed by atoms with Gasteiger partial charge in [-0.05, 0) is 30.7 Å². The monoisotopic (exact) mass is 304 g/mol. The van der Waals surface area contributed by atoms with Crippen LogP contribution in [0.15, 0.2) is 36.4 Å². The van der Waals surface area contributed by atoms with E-state index in [1.807, 2.05) is 0 Å². The number of rotatable bonds is 4. The van der Waals surface area contributed by atoms with E-state index in [9.17, 15) is 9.59 Å². The van der Waals surface area contributed by atoms with Crippen LogP contribution in [0.1, 0.15) is 21.6 Å². The summed E-state index contributed by atoms with van der Waals surface area (Å²) in [7, 11) is 0. The summed E-state index contributed by atoms with van der Waals surface area (Å²) in [6, 6.07) is 9.85. The number of amides is 1. The molecule has 0 aliphatic rings. The number of anilines is 1. The Kier molecular flexibility index (Phi) is 4.55. The van der Waals surface area contributed by atoms with Gasteiger partial charge in [-0.3, -0.25) is 9.59 Å². The minimum atomic E-state index is -0.959. The number of hydrogen-bond acceptors (Lipinski definition) is 3. The van der Waals surface area contributed by atoms with Gasteiger partial charge in [0.05, 0.1) is 6.42 Å². The van der Waals surface area contributed by atoms with Crippen LogP contribution in [0.5, 0.6) is 0 Å². The van der Waals surface area contributed by atoms with Gasteiger partial charge >= 0.3 is 5.97 Å². The topological polar surface area (TPSA) is 79.3 Å². The third kappa shape index (κ3) is 4.03. The zero-order valence-corrected chi connectivity index (χ0v) is 12.0. The van der Waals surface area contributed by atoms with Crippen molar-refractivity contribution in [2.75, 3.05) is 5.32 Å². The molecule has 1 aromatic carbocycles. The van der Waals surface area contributed by atoms with Crippen molar-refractivity contribution in [3.63, 3.8) is 0 Å². The zero-order valence-electron chi connectivity index (χ0n) is 11.3. The van der Waals surface area contributed by atoms with E-state index in [2.05, 4.69) is 10.3 Å². The second kappa shape index (κ2) is 6.37. The van der Waals surface area contributed by atoms with Crippen LogP contribution in [-0.2, 0) is 11.2 Å². The SMILES string of the molecule is Cc1cc(C(=O)Nc2ccccc2CC(=O)O)cc(Cl)n1. The maximum Gasteiger partial charge on any atom is 0.307 e. The molecule has 0 saturated heterocycles. The van der Waals surface area contributed by atoms with E-state index < -0.39 is 5.97 Å². The van der Waals surface area contributed by atoms with Gasteiger partial charge < -0.3 is 10.4 Å². The quantitative estimate of drug-likeness (QED) is 0.851. The van der Waals surface area contributed by atoms with Crippen LogP contribution in [0, 0.1) is 6.92 Å². The van der Waals surface area contributed by atoms with Crippen LogP contribution in [0.3, 0.4) is 0 Å².